The monoisotopic (exact) mass is 572 g/mol. The van der Waals surface area contributed by atoms with E-state index in [2.05, 4.69) is 115 Å². The molecule has 0 bridgehead atoms. The summed E-state index contributed by atoms with van der Waals surface area (Å²) in [5.74, 6) is 0. The van der Waals surface area contributed by atoms with Crippen molar-refractivity contribution in [3.63, 3.8) is 0 Å². The van der Waals surface area contributed by atoms with E-state index in [9.17, 15) is 0 Å². The van der Waals surface area contributed by atoms with Crippen LogP contribution in [0.1, 0.15) is 82.1 Å². The van der Waals surface area contributed by atoms with Gasteiger partial charge in [0.05, 0.1) is 0 Å². The molecule has 2 atom stereocenters. The van der Waals surface area contributed by atoms with Crippen LogP contribution in [0.3, 0.4) is 0 Å². The van der Waals surface area contributed by atoms with E-state index in [1.807, 2.05) is 0 Å². The van der Waals surface area contributed by atoms with Gasteiger partial charge in [-0.25, -0.2) is 0 Å². The minimum Gasteiger partial charge on any atom is -0.396 e. The first kappa shape index (κ1) is 34.2. The van der Waals surface area contributed by atoms with Crippen LogP contribution in [0.25, 0.3) is 0 Å². The first-order valence-electron chi connectivity index (χ1n) is 12.8. The Labute approximate surface area is 217 Å². The summed E-state index contributed by atoms with van der Waals surface area (Å²) in [6, 6.07) is 0. The van der Waals surface area contributed by atoms with Crippen molar-refractivity contribution in [2.45, 2.75) is 149 Å². The molecule has 0 radical (unpaired) electrons. The molecule has 33 heavy (non-hydrogen) atoms. The molecule has 0 aromatic heterocycles. The van der Waals surface area contributed by atoms with Crippen LogP contribution < -0.4 is 0 Å². The van der Waals surface area contributed by atoms with Crippen molar-refractivity contribution in [1.82, 2.24) is 0 Å². The highest BCUT2D eigenvalue weighted by atomic mass is 35.6. The molecule has 10 heteroatoms. The van der Waals surface area contributed by atoms with Gasteiger partial charge in [0, 0.05) is 0 Å². The van der Waals surface area contributed by atoms with Crippen LogP contribution in [0.15, 0.2) is 0 Å². The zero-order chi connectivity index (χ0) is 26.9. The third kappa shape index (κ3) is 9.23. The molecule has 0 fully saturated rings. The lowest BCUT2D eigenvalue weighted by Gasteiger charge is -2.51. The molecule has 0 saturated heterocycles. The Bertz CT molecular complexity index is 586. The lowest BCUT2D eigenvalue weighted by Crippen LogP contribution is -2.69. The van der Waals surface area contributed by atoms with Crippen molar-refractivity contribution in [1.29, 1.82) is 0 Å². The lowest BCUT2D eigenvalue weighted by atomic mass is 10.2. The predicted octanol–water partition coefficient (Wildman–Crippen LogP) is 9.61. The van der Waals surface area contributed by atoms with Crippen LogP contribution in [0.2, 0.25) is 67.0 Å². The summed E-state index contributed by atoms with van der Waals surface area (Å²) in [5, 5.41) is -0.00501. The van der Waals surface area contributed by atoms with Crippen molar-refractivity contribution >= 4 is 52.7 Å². The minimum absolute atomic E-state index is 0.00251. The summed E-state index contributed by atoms with van der Waals surface area (Å²) in [4.78, 5) is 0. The molecule has 0 aromatic carbocycles. The molecule has 0 heterocycles. The predicted molar refractivity (Wildman–Crippen MR) is 159 cm³/mol. The van der Waals surface area contributed by atoms with E-state index in [4.69, 9.17) is 27.5 Å². The van der Waals surface area contributed by atoms with Crippen molar-refractivity contribution in [2.75, 3.05) is 0 Å². The van der Waals surface area contributed by atoms with Gasteiger partial charge in [0.25, 0.3) is 7.63 Å². The van der Waals surface area contributed by atoms with E-state index >= 15 is 0 Å². The molecule has 2 unspecified atom stereocenters. The SMILES string of the molecule is CCC(C)[Si](Cl)(O[Si](O[Si](C)(C)C)(O[Si](C)(C)C(C)(C)C)O[Si](C)(C)C(C)(C)C)C(C)CC. The molecular formula is C23H57ClO4Si5. The van der Waals surface area contributed by atoms with E-state index in [-0.39, 0.29) is 21.2 Å². The maximum absolute atomic E-state index is 7.60. The number of halogens is 1. The molecular weight excluding hydrogens is 516 g/mol. The van der Waals surface area contributed by atoms with Gasteiger partial charge < -0.3 is 16.5 Å². The third-order valence-corrected chi connectivity index (χ3v) is 33.1. The van der Waals surface area contributed by atoms with Gasteiger partial charge in [-0.05, 0) is 67.0 Å². The standard InChI is InChI=1S/C23H57ClO4Si5/c1-18-20(3)32(24,21(4)19-2)28-33(25-29(11,12)13,26-30(14,15)22(5,6)7)27-31(16,17)23(8,9)10/h20-21H,18-19H2,1-17H3. The molecule has 4 nitrogen and oxygen atoms in total. The zero-order valence-corrected chi connectivity index (χ0v) is 30.8. The molecule has 0 rings (SSSR count). The maximum atomic E-state index is 7.60. The summed E-state index contributed by atoms with van der Waals surface area (Å²) < 4.78 is 28.7. The molecule has 0 aliphatic rings. The Morgan fingerprint density at radius 3 is 1.12 bits per heavy atom. The van der Waals surface area contributed by atoms with Crippen LogP contribution in [0, 0.1) is 0 Å². The van der Waals surface area contributed by atoms with Crippen molar-refractivity contribution in [3.05, 3.63) is 0 Å². The van der Waals surface area contributed by atoms with E-state index in [0.717, 1.165) is 12.8 Å². The van der Waals surface area contributed by atoms with Gasteiger partial charge in [-0.2, -0.15) is 0 Å². The van der Waals surface area contributed by atoms with Crippen molar-refractivity contribution in [3.8, 4) is 0 Å². The zero-order valence-electron chi connectivity index (χ0n) is 25.1. The average Bonchev–Trinajstić information content (AvgIpc) is 2.55. The molecule has 0 saturated carbocycles. The lowest BCUT2D eigenvalue weighted by molar-refractivity contribution is 0.137. The maximum Gasteiger partial charge on any atom is 0.637 e. The van der Waals surface area contributed by atoms with Crippen molar-refractivity contribution < 1.29 is 16.5 Å². The van der Waals surface area contributed by atoms with E-state index in [0.29, 0.717) is 0 Å². The Hall–Kier alpha value is 1.21. The second kappa shape index (κ2) is 11.3. The highest BCUT2D eigenvalue weighted by Crippen LogP contribution is 2.48. The van der Waals surface area contributed by atoms with Gasteiger partial charge >= 0.3 is 9.05 Å². The van der Waals surface area contributed by atoms with Gasteiger partial charge in [0.1, 0.15) is 0 Å². The summed E-state index contributed by atoms with van der Waals surface area (Å²) in [5.41, 5.74) is 0.523. The first-order chi connectivity index (χ1) is 14.3. The summed E-state index contributed by atoms with van der Waals surface area (Å²) in [6.07, 6.45) is 1.94. The molecule has 0 aliphatic carbocycles. The molecule has 0 amide bonds. The quantitative estimate of drug-likeness (QED) is 0.172. The summed E-state index contributed by atoms with van der Waals surface area (Å²) >= 11 is 7.60. The Balaban J connectivity index is 7.08. The summed E-state index contributed by atoms with van der Waals surface area (Å²) in [6.45, 7) is 38.1. The van der Waals surface area contributed by atoms with Crippen LogP contribution in [0.4, 0.5) is 0 Å². The average molecular weight is 574 g/mol. The van der Waals surface area contributed by atoms with Crippen LogP contribution in [0.5, 0.6) is 0 Å². The van der Waals surface area contributed by atoms with Crippen LogP contribution >= 0.6 is 11.1 Å². The number of rotatable bonds is 12. The van der Waals surface area contributed by atoms with Gasteiger partial charge in [-0.1, -0.05) is 82.1 Å². The Morgan fingerprint density at radius 1 is 0.606 bits per heavy atom. The molecule has 0 aliphatic heterocycles. The molecule has 0 N–H and O–H groups in total. The van der Waals surface area contributed by atoms with Gasteiger partial charge in [-0.15, -0.1) is 11.1 Å². The molecule has 0 aromatic rings. The second-order valence-electron chi connectivity index (χ2n) is 13.9. The smallest absolute Gasteiger partial charge is 0.396 e. The van der Waals surface area contributed by atoms with Gasteiger partial charge in [0.2, 0.25) is 0 Å². The summed E-state index contributed by atoms with van der Waals surface area (Å²) in [7, 11) is -13.1. The number of hydrogen-bond donors (Lipinski definition) is 0. The third-order valence-electron chi connectivity index (χ3n) is 7.65. The largest absolute Gasteiger partial charge is 0.637 e. The topological polar surface area (TPSA) is 36.9 Å². The van der Waals surface area contributed by atoms with E-state index in [1.54, 1.807) is 0 Å². The normalized spacial score (nSPS) is 18.7. The van der Waals surface area contributed by atoms with Crippen LogP contribution in [-0.4, -0.2) is 41.6 Å². The Kier molecular flexibility index (Phi) is 11.7. The minimum atomic E-state index is -3.60. The molecule has 0 spiro atoms. The van der Waals surface area contributed by atoms with Gasteiger partial charge in [0.15, 0.2) is 25.0 Å². The highest BCUT2D eigenvalue weighted by molar-refractivity contribution is 7.20. The van der Waals surface area contributed by atoms with E-state index < -0.39 is 41.6 Å². The van der Waals surface area contributed by atoms with Crippen molar-refractivity contribution in [2.24, 2.45) is 0 Å². The highest BCUT2D eigenvalue weighted by Gasteiger charge is 2.63. The second-order valence-corrected chi connectivity index (χ2v) is 36.5. The first-order valence-corrected chi connectivity index (χ1v) is 26.7. The fourth-order valence-corrected chi connectivity index (χ4v) is 23.6. The van der Waals surface area contributed by atoms with E-state index in [1.165, 1.54) is 0 Å². The fraction of sp³-hybridized carbons (Fsp3) is 1.00. The Morgan fingerprint density at radius 2 is 0.909 bits per heavy atom. The number of hydrogen-bond acceptors (Lipinski definition) is 4. The fourth-order valence-electron chi connectivity index (χ4n) is 2.87. The van der Waals surface area contributed by atoms with Gasteiger partial charge in [-0.3, -0.25) is 0 Å². The van der Waals surface area contributed by atoms with Crippen LogP contribution in [-0.2, 0) is 16.5 Å². The molecule has 200 valence electrons.